The van der Waals surface area contributed by atoms with Gasteiger partial charge in [0.2, 0.25) is 6.79 Å². The molecule has 7 nitrogen and oxygen atoms in total. The second kappa shape index (κ2) is 10.3. The summed E-state index contributed by atoms with van der Waals surface area (Å²) in [6.07, 6.45) is 3.43. The SMILES string of the molecule is CCNC(=NCc1cc2c(cc1OC(F)F)OCO2)NCCCOCC1CC1. The number of hydrogen-bond acceptors (Lipinski definition) is 5. The molecule has 1 fully saturated rings. The molecule has 1 heterocycles. The number of nitrogens with one attached hydrogen (secondary N) is 2. The summed E-state index contributed by atoms with van der Waals surface area (Å²) >= 11 is 0. The number of alkyl halides is 2. The standard InChI is InChI=1S/C19H27F2N3O4/c1-2-22-19(23-6-3-7-25-11-13-4-5-13)24-10-14-8-16-17(27-12-26-16)9-15(14)28-18(20)21/h8-9,13,18H,2-7,10-12H2,1H3,(H2,22,23,24). The average molecular weight is 399 g/mol. The molecular formula is C19H27F2N3O4. The molecule has 0 radical (unpaired) electrons. The van der Waals surface area contributed by atoms with Crippen molar-refractivity contribution in [1.29, 1.82) is 0 Å². The lowest BCUT2D eigenvalue weighted by atomic mass is 10.1. The molecule has 1 aliphatic carbocycles. The van der Waals surface area contributed by atoms with Crippen LogP contribution >= 0.6 is 0 Å². The summed E-state index contributed by atoms with van der Waals surface area (Å²) in [6.45, 7) is 2.20. The molecule has 1 aliphatic heterocycles. The largest absolute Gasteiger partial charge is 0.454 e. The summed E-state index contributed by atoms with van der Waals surface area (Å²) in [7, 11) is 0. The van der Waals surface area contributed by atoms with Gasteiger partial charge in [0.15, 0.2) is 17.5 Å². The summed E-state index contributed by atoms with van der Waals surface area (Å²) in [5.41, 5.74) is 0.495. The third kappa shape index (κ3) is 6.40. The second-order valence-corrected chi connectivity index (χ2v) is 6.69. The van der Waals surface area contributed by atoms with Crippen molar-refractivity contribution in [2.24, 2.45) is 10.9 Å². The molecule has 0 unspecified atom stereocenters. The lowest BCUT2D eigenvalue weighted by Gasteiger charge is -2.13. The van der Waals surface area contributed by atoms with Crippen molar-refractivity contribution in [3.05, 3.63) is 17.7 Å². The summed E-state index contributed by atoms with van der Waals surface area (Å²) < 4.78 is 46.2. The highest BCUT2D eigenvalue weighted by Crippen LogP contribution is 2.39. The zero-order valence-corrected chi connectivity index (χ0v) is 16.0. The van der Waals surface area contributed by atoms with Crippen LogP contribution in [0.2, 0.25) is 0 Å². The van der Waals surface area contributed by atoms with E-state index in [1.54, 1.807) is 6.07 Å². The van der Waals surface area contributed by atoms with E-state index >= 15 is 0 Å². The van der Waals surface area contributed by atoms with E-state index in [4.69, 9.17) is 14.2 Å². The quantitative estimate of drug-likeness (QED) is 0.339. The number of benzene rings is 1. The first kappa shape index (κ1) is 20.4. The van der Waals surface area contributed by atoms with Gasteiger partial charge in [-0.3, -0.25) is 0 Å². The number of guanidine groups is 1. The zero-order chi connectivity index (χ0) is 19.8. The number of rotatable bonds is 11. The van der Waals surface area contributed by atoms with Crippen LogP contribution in [0.1, 0.15) is 31.7 Å². The van der Waals surface area contributed by atoms with Crippen molar-refractivity contribution in [2.45, 2.75) is 39.3 Å². The summed E-state index contributed by atoms with van der Waals surface area (Å²) in [6, 6.07) is 3.04. The third-order valence-corrected chi connectivity index (χ3v) is 4.33. The van der Waals surface area contributed by atoms with Crippen LogP contribution in [0.25, 0.3) is 0 Å². The second-order valence-electron chi connectivity index (χ2n) is 6.69. The van der Waals surface area contributed by atoms with Gasteiger partial charge in [0.1, 0.15) is 5.75 Å². The molecule has 0 aromatic heterocycles. The van der Waals surface area contributed by atoms with Gasteiger partial charge < -0.3 is 29.6 Å². The first-order valence-electron chi connectivity index (χ1n) is 9.63. The average Bonchev–Trinajstić information content (AvgIpc) is 3.38. The van der Waals surface area contributed by atoms with Crippen LogP contribution in [-0.2, 0) is 11.3 Å². The van der Waals surface area contributed by atoms with E-state index in [9.17, 15) is 8.78 Å². The topological polar surface area (TPSA) is 73.3 Å². The third-order valence-electron chi connectivity index (χ3n) is 4.33. The van der Waals surface area contributed by atoms with E-state index in [1.807, 2.05) is 6.92 Å². The summed E-state index contributed by atoms with van der Waals surface area (Å²) in [5, 5.41) is 6.36. The highest BCUT2D eigenvalue weighted by molar-refractivity contribution is 5.79. The van der Waals surface area contributed by atoms with Crippen LogP contribution in [0.15, 0.2) is 17.1 Å². The maximum atomic E-state index is 12.7. The predicted molar refractivity (Wildman–Crippen MR) is 100 cm³/mol. The van der Waals surface area contributed by atoms with E-state index in [2.05, 4.69) is 20.4 Å². The summed E-state index contributed by atoms with van der Waals surface area (Å²) in [4.78, 5) is 4.47. The molecule has 1 saturated carbocycles. The number of halogens is 2. The van der Waals surface area contributed by atoms with Crippen molar-refractivity contribution in [3.8, 4) is 17.2 Å². The van der Waals surface area contributed by atoms with E-state index in [-0.39, 0.29) is 19.1 Å². The highest BCUT2D eigenvalue weighted by atomic mass is 19.3. The lowest BCUT2D eigenvalue weighted by Crippen LogP contribution is -2.38. The molecule has 1 aromatic rings. The van der Waals surface area contributed by atoms with Gasteiger partial charge in [-0.25, -0.2) is 4.99 Å². The Morgan fingerprint density at radius 1 is 1.25 bits per heavy atom. The Morgan fingerprint density at radius 2 is 2.04 bits per heavy atom. The predicted octanol–water partition coefficient (Wildman–Crippen LogP) is 2.89. The van der Waals surface area contributed by atoms with Crippen LogP contribution in [0.5, 0.6) is 17.2 Å². The monoisotopic (exact) mass is 399 g/mol. The van der Waals surface area contributed by atoms with E-state index in [0.29, 0.717) is 42.7 Å². The molecule has 0 bridgehead atoms. The van der Waals surface area contributed by atoms with Crippen LogP contribution < -0.4 is 24.8 Å². The fourth-order valence-electron chi connectivity index (χ4n) is 2.72. The molecule has 0 amide bonds. The molecule has 0 spiro atoms. The van der Waals surface area contributed by atoms with Gasteiger partial charge in [-0.15, -0.1) is 0 Å². The minimum Gasteiger partial charge on any atom is -0.454 e. The molecule has 0 saturated heterocycles. The summed E-state index contributed by atoms with van der Waals surface area (Å²) in [5.74, 6) is 2.29. The number of hydrogen-bond donors (Lipinski definition) is 2. The smallest absolute Gasteiger partial charge is 0.387 e. The van der Waals surface area contributed by atoms with Crippen LogP contribution in [0.3, 0.4) is 0 Å². The number of nitrogens with zero attached hydrogens (tertiary/aromatic N) is 1. The number of aliphatic imine (C=N–C) groups is 1. The van der Waals surface area contributed by atoms with Gasteiger partial charge in [0.25, 0.3) is 0 Å². The number of fused-ring (bicyclic) bond motifs is 1. The molecule has 28 heavy (non-hydrogen) atoms. The Labute approximate surface area is 163 Å². The molecule has 0 atom stereocenters. The lowest BCUT2D eigenvalue weighted by molar-refractivity contribution is -0.0505. The Kier molecular flexibility index (Phi) is 7.53. The fraction of sp³-hybridized carbons (Fsp3) is 0.632. The first-order chi connectivity index (χ1) is 13.7. The van der Waals surface area contributed by atoms with Crippen molar-refractivity contribution in [3.63, 3.8) is 0 Å². The molecule has 9 heteroatoms. The van der Waals surface area contributed by atoms with Gasteiger partial charge in [-0.1, -0.05) is 0 Å². The molecule has 156 valence electrons. The van der Waals surface area contributed by atoms with Crippen molar-refractivity contribution in [1.82, 2.24) is 10.6 Å². The maximum absolute atomic E-state index is 12.7. The highest BCUT2D eigenvalue weighted by Gasteiger charge is 2.21. The molecule has 3 rings (SSSR count). The fourth-order valence-corrected chi connectivity index (χ4v) is 2.72. The molecule has 2 aliphatic rings. The van der Waals surface area contributed by atoms with E-state index < -0.39 is 6.61 Å². The van der Waals surface area contributed by atoms with E-state index in [1.165, 1.54) is 18.9 Å². The first-order valence-corrected chi connectivity index (χ1v) is 9.63. The molecular weight excluding hydrogens is 372 g/mol. The Balaban J connectivity index is 1.54. The van der Waals surface area contributed by atoms with Crippen LogP contribution in [-0.4, -0.2) is 45.7 Å². The Morgan fingerprint density at radius 3 is 2.75 bits per heavy atom. The number of ether oxygens (including phenoxy) is 4. The van der Waals surface area contributed by atoms with Gasteiger partial charge in [-0.2, -0.15) is 8.78 Å². The van der Waals surface area contributed by atoms with E-state index in [0.717, 1.165) is 18.9 Å². The molecule has 2 N–H and O–H groups in total. The minimum atomic E-state index is -2.93. The zero-order valence-electron chi connectivity index (χ0n) is 16.0. The maximum Gasteiger partial charge on any atom is 0.387 e. The van der Waals surface area contributed by atoms with Gasteiger partial charge >= 0.3 is 6.61 Å². The van der Waals surface area contributed by atoms with Crippen molar-refractivity contribution < 1.29 is 27.7 Å². The minimum absolute atomic E-state index is 0.0346. The normalized spacial score (nSPS) is 15.8. The van der Waals surface area contributed by atoms with Crippen LogP contribution in [0.4, 0.5) is 8.78 Å². The molecule has 1 aromatic carbocycles. The van der Waals surface area contributed by atoms with Gasteiger partial charge in [0.05, 0.1) is 6.54 Å². The van der Waals surface area contributed by atoms with Crippen LogP contribution in [0, 0.1) is 5.92 Å². The van der Waals surface area contributed by atoms with Gasteiger partial charge in [-0.05, 0) is 38.2 Å². The Hall–Kier alpha value is -2.29. The Bertz CT molecular complexity index is 669. The van der Waals surface area contributed by atoms with Crippen molar-refractivity contribution >= 4 is 5.96 Å². The van der Waals surface area contributed by atoms with Crippen molar-refractivity contribution in [2.75, 3.05) is 33.1 Å². The van der Waals surface area contributed by atoms with Gasteiger partial charge in [0, 0.05) is 37.9 Å².